The lowest BCUT2D eigenvalue weighted by Crippen LogP contribution is -1.95. The van der Waals surface area contributed by atoms with Crippen LogP contribution in [0, 0.1) is 6.92 Å². The van der Waals surface area contributed by atoms with Gasteiger partial charge in [-0.15, -0.1) is 0 Å². The molecule has 2 rings (SSSR count). The first-order chi connectivity index (χ1) is 7.75. The molecular weight excluding hydrogens is 264 g/mol. The Hall–Kier alpha value is -1.28. The van der Waals surface area contributed by atoms with Crippen LogP contribution in [0.1, 0.15) is 11.1 Å². The fourth-order valence-electron chi connectivity index (χ4n) is 1.46. The van der Waals surface area contributed by atoms with E-state index in [1.165, 1.54) is 11.1 Å². The molecule has 0 amide bonds. The molecule has 1 nitrogen and oxygen atoms in total. The molecule has 0 unspecified atom stereocenters. The van der Waals surface area contributed by atoms with Crippen LogP contribution in [0.25, 0.3) is 0 Å². The van der Waals surface area contributed by atoms with E-state index in [1.807, 2.05) is 30.3 Å². The molecule has 0 heterocycles. The summed E-state index contributed by atoms with van der Waals surface area (Å²) in [6.45, 7) is 2.66. The molecule has 0 saturated carbocycles. The summed E-state index contributed by atoms with van der Waals surface area (Å²) >= 11 is 3.48. The van der Waals surface area contributed by atoms with Gasteiger partial charge in [0.1, 0.15) is 12.4 Å². The lowest BCUT2D eigenvalue weighted by molar-refractivity contribution is 0.304. The Morgan fingerprint density at radius 3 is 2.56 bits per heavy atom. The number of hydrogen-bond acceptors (Lipinski definition) is 1. The first kappa shape index (κ1) is 11.2. The minimum atomic E-state index is 0.600. The summed E-state index contributed by atoms with van der Waals surface area (Å²) in [5, 5.41) is 0. The van der Waals surface area contributed by atoms with Crippen LogP contribution in [0.5, 0.6) is 5.75 Å². The highest BCUT2D eigenvalue weighted by molar-refractivity contribution is 9.10. The third-order valence-corrected chi connectivity index (χ3v) is 2.98. The lowest BCUT2D eigenvalue weighted by atomic mass is 10.2. The Balaban J connectivity index is 2.08. The van der Waals surface area contributed by atoms with Gasteiger partial charge in [-0.3, -0.25) is 0 Å². The van der Waals surface area contributed by atoms with E-state index in [9.17, 15) is 0 Å². The zero-order valence-electron chi connectivity index (χ0n) is 9.11. The van der Waals surface area contributed by atoms with Crippen molar-refractivity contribution < 1.29 is 4.74 Å². The van der Waals surface area contributed by atoms with Gasteiger partial charge in [0, 0.05) is 0 Å². The van der Waals surface area contributed by atoms with Gasteiger partial charge in [0.25, 0.3) is 0 Å². The van der Waals surface area contributed by atoms with Gasteiger partial charge in [0.05, 0.1) is 4.47 Å². The molecule has 0 radical (unpaired) electrons. The standard InChI is InChI=1S/C14H13BrO/c1-11-7-8-13(15)14(9-11)16-10-12-5-3-2-4-6-12/h2-9H,10H2,1H3. The van der Waals surface area contributed by atoms with Gasteiger partial charge in [0.2, 0.25) is 0 Å². The maximum Gasteiger partial charge on any atom is 0.134 e. The highest BCUT2D eigenvalue weighted by atomic mass is 79.9. The third-order valence-electron chi connectivity index (χ3n) is 2.32. The molecule has 0 saturated heterocycles. The van der Waals surface area contributed by atoms with E-state index in [-0.39, 0.29) is 0 Å². The predicted molar refractivity (Wildman–Crippen MR) is 69.7 cm³/mol. The molecule has 0 spiro atoms. The largest absolute Gasteiger partial charge is 0.488 e. The summed E-state index contributed by atoms with van der Waals surface area (Å²) in [4.78, 5) is 0. The van der Waals surface area contributed by atoms with Gasteiger partial charge in [0.15, 0.2) is 0 Å². The number of benzene rings is 2. The van der Waals surface area contributed by atoms with Crippen LogP contribution < -0.4 is 4.74 Å². The smallest absolute Gasteiger partial charge is 0.134 e. The summed E-state index contributed by atoms with van der Waals surface area (Å²) in [5.74, 6) is 0.892. The zero-order chi connectivity index (χ0) is 11.4. The number of aryl methyl sites for hydroxylation is 1. The second kappa shape index (κ2) is 5.17. The van der Waals surface area contributed by atoms with Crippen LogP contribution in [-0.4, -0.2) is 0 Å². The van der Waals surface area contributed by atoms with E-state index in [0.29, 0.717) is 6.61 Å². The maximum atomic E-state index is 5.76. The Kier molecular flexibility index (Phi) is 3.62. The predicted octanol–water partition coefficient (Wildman–Crippen LogP) is 4.34. The molecule has 2 aromatic carbocycles. The monoisotopic (exact) mass is 276 g/mol. The molecule has 2 heteroatoms. The molecule has 0 aliphatic rings. The second-order valence-electron chi connectivity index (χ2n) is 3.71. The Labute approximate surface area is 104 Å². The molecule has 82 valence electrons. The molecule has 0 aliphatic carbocycles. The maximum absolute atomic E-state index is 5.76. The summed E-state index contributed by atoms with van der Waals surface area (Å²) in [7, 11) is 0. The number of hydrogen-bond donors (Lipinski definition) is 0. The Bertz CT molecular complexity index is 465. The van der Waals surface area contributed by atoms with Crippen molar-refractivity contribution in [1.29, 1.82) is 0 Å². The highest BCUT2D eigenvalue weighted by Crippen LogP contribution is 2.26. The SMILES string of the molecule is Cc1ccc(Br)c(OCc2ccccc2)c1. The van der Waals surface area contributed by atoms with Crippen molar-refractivity contribution in [3.8, 4) is 5.75 Å². The van der Waals surface area contributed by atoms with Gasteiger partial charge >= 0.3 is 0 Å². The second-order valence-corrected chi connectivity index (χ2v) is 4.56. The van der Waals surface area contributed by atoms with E-state index in [1.54, 1.807) is 0 Å². The summed E-state index contributed by atoms with van der Waals surface area (Å²) in [6, 6.07) is 16.3. The first-order valence-electron chi connectivity index (χ1n) is 5.18. The van der Waals surface area contributed by atoms with Gasteiger partial charge in [-0.1, -0.05) is 36.4 Å². The highest BCUT2D eigenvalue weighted by Gasteiger charge is 2.01. The molecule has 0 N–H and O–H groups in total. The molecule has 0 fully saturated rings. The molecule has 0 bridgehead atoms. The minimum Gasteiger partial charge on any atom is -0.488 e. The van der Waals surface area contributed by atoms with Gasteiger partial charge in [-0.25, -0.2) is 0 Å². The first-order valence-corrected chi connectivity index (χ1v) is 5.98. The van der Waals surface area contributed by atoms with Crippen molar-refractivity contribution in [2.24, 2.45) is 0 Å². The molecule has 16 heavy (non-hydrogen) atoms. The van der Waals surface area contributed by atoms with Crippen molar-refractivity contribution in [3.05, 3.63) is 64.1 Å². The molecule has 0 aromatic heterocycles. The van der Waals surface area contributed by atoms with E-state index >= 15 is 0 Å². The van der Waals surface area contributed by atoms with Crippen molar-refractivity contribution >= 4 is 15.9 Å². The lowest BCUT2D eigenvalue weighted by Gasteiger charge is -2.08. The summed E-state index contributed by atoms with van der Waals surface area (Å²) in [5.41, 5.74) is 2.38. The van der Waals surface area contributed by atoms with E-state index in [4.69, 9.17) is 4.74 Å². The van der Waals surface area contributed by atoms with Crippen molar-refractivity contribution in [2.45, 2.75) is 13.5 Å². The summed E-state index contributed by atoms with van der Waals surface area (Å²) in [6.07, 6.45) is 0. The van der Waals surface area contributed by atoms with Crippen LogP contribution in [0.15, 0.2) is 53.0 Å². The third kappa shape index (κ3) is 2.86. The van der Waals surface area contributed by atoms with E-state index < -0.39 is 0 Å². The van der Waals surface area contributed by atoms with Gasteiger partial charge in [-0.05, 0) is 46.1 Å². The number of rotatable bonds is 3. The average Bonchev–Trinajstić information content (AvgIpc) is 2.32. The number of ether oxygens (including phenoxy) is 1. The van der Waals surface area contributed by atoms with Gasteiger partial charge < -0.3 is 4.74 Å². The van der Waals surface area contributed by atoms with Crippen molar-refractivity contribution in [2.75, 3.05) is 0 Å². The van der Waals surface area contributed by atoms with Crippen molar-refractivity contribution in [1.82, 2.24) is 0 Å². The van der Waals surface area contributed by atoms with Crippen LogP contribution in [0.2, 0.25) is 0 Å². The molecular formula is C14H13BrO. The minimum absolute atomic E-state index is 0.600. The Morgan fingerprint density at radius 1 is 1.06 bits per heavy atom. The Morgan fingerprint density at radius 2 is 1.81 bits per heavy atom. The quantitative estimate of drug-likeness (QED) is 0.811. The van der Waals surface area contributed by atoms with Crippen LogP contribution in [0.3, 0.4) is 0 Å². The molecule has 0 aliphatic heterocycles. The summed E-state index contributed by atoms with van der Waals surface area (Å²) < 4.78 is 6.75. The fourth-order valence-corrected chi connectivity index (χ4v) is 1.82. The van der Waals surface area contributed by atoms with Gasteiger partial charge in [-0.2, -0.15) is 0 Å². The van der Waals surface area contributed by atoms with Crippen LogP contribution >= 0.6 is 15.9 Å². The van der Waals surface area contributed by atoms with Crippen LogP contribution in [-0.2, 0) is 6.61 Å². The van der Waals surface area contributed by atoms with E-state index in [2.05, 4.69) is 41.1 Å². The average molecular weight is 277 g/mol. The molecule has 0 atom stereocenters. The van der Waals surface area contributed by atoms with E-state index in [0.717, 1.165) is 10.2 Å². The zero-order valence-corrected chi connectivity index (χ0v) is 10.7. The topological polar surface area (TPSA) is 9.23 Å². The normalized spacial score (nSPS) is 10.1. The fraction of sp³-hybridized carbons (Fsp3) is 0.143. The number of halogens is 1. The van der Waals surface area contributed by atoms with Crippen LogP contribution in [0.4, 0.5) is 0 Å². The van der Waals surface area contributed by atoms with Crippen molar-refractivity contribution in [3.63, 3.8) is 0 Å². The molecule has 2 aromatic rings.